The summed E-state index contributed by atoms with van der Waals surface area (Å²) < 4.78 is 5.44. The molecule has 1 aliphatic carbocycles. The van der Waals surface area contributed by atoms with Crippen LogP contribution in [0.1, 0.15) is 67.1 Å². The third kappa shape index (κ3) is 2.90. The molecule has 0 bridgehead atoms. The molecule has 3 aliphatic rings. The lowest BCUT2D eigenvalue weighted by Gasteiger charge is -2.31. The lowest BCUT2D eigenvalue weighted by molar-refractivity contribution is -0.146. The molecule has 0 spiro atoms. The minimum absolute atomic E-state index is 0.127. The smallest absolute Gasteiger partial charge is 0.340 e. The number of hydrogen-bond donors (Lipinski definition) is 1. The van der Waals surface area contributed by atoms with E-state index in [9.17, 15) is 14.4 Å². The predicted molar refractivity (Wildman–Crippen MR) is 89.5 cm³/mol. The van der Waals surface area contributed by atoms with Gasteiger partial charge in [0.1, 0.15) is 6.04 Å². The fraction of sp³-hybridized carbons (Fsp3) is 0.526. The summed E-state index contributed by atoms with van der Waals surface area (Å²) in [6.45, 7) is 0. The zero-order valence-corrected chi connectivity index (χ0v) is 14.1. The van der Waals surface area contributed by atoms with Gasteiger partial charge in [-0.25, -0.2) is 4.79 Å². The molecule has 6 heteroatoms. The Hall–Kier alpha value is -2.37. The first-order valence-corrected chi connectivity index (χ1v) is 9.06. The predicted octanol–water partition coefficient (Wildman–Crippen LogP) is 2.30. The number of nitrogens with one attached hydrogen (secondary N) is 1. The van der Waals surface area contributed by atoms with Crippen LogP contribution in [0.4, 0.5) is 0 Å². The van der Waals surface area contributed by atoms with Crippen LogP contribution in [0.25, 0.3) is 0 Å². The second-order valence-electron chi connectivity index (χ2n) is 7.04. The van der Waals surface area contributed by atoms with Gasteiger partial charge in [0, 0.05) is 18.0 Å². The minimum atomic E-state index is -0.791. The largest absolute Gasteiger partial charge is 0.433 e. The summed E-state index contributed by atoms with van der Waals surface area (Å²) in [5.41, 5.74) is 1.14. The van der Waals surface area contributed by atoms with Crippen molar-refractivity contribution in [3.05, 3.63) is 35.4 Å². The Bertz CT molecular complexity index is 711. The van der Waals surface area contributed by atoms with E-state index in [2.05, 4.69) is 5.32 Å². The number of rotatable bonds is 3. The van der Waals surface area contributed by atoms with E-state index >= 15 is 0 Å². The van der Waals surface area contributed by atoms with Gasteiger partial charge < -0.3 is 10.1 Å². The van der Waals surface area contributed by atoms with Crippen molar-refractivity contribution in [2.75, 3.05) is 0 Å². The molecule has 2 fully saturated rings. The molecule has 2 amide bonds. The molecule has 1 unspecified atom stereocenters. The van der Waals surface area contributed by atoms with E-state index < -0.39 is 18.2 Å². The Morgan fingerprint density at radius 3 is 2.64 bits per heavy atom. The molecule has 1 N–H and O–H groups in total. The summed E-state index contributed by atoms with van der Waals surface area (Å²) in [7, 11) is 0. The van der Waals surface area contributed by atoms with Crippen molar-refractivity contribution in [1.29, 1.82) is 0 Å². The van der Waals surface area contributed by atoms with Crippen molar-refractivity contribution in [1.82, 2.24) is 10.2 Å². The Morgan fingerprint density at radius 1 is 1.08 bits per heavy atom. The molecule has 25 heavy (non-hydrogen) atoms. The van der Waals surface area contributed by atoms with Gasteiger partial charge in [-0.1, -0.05) is 37.5 Å². The van der Waals surface area contributed by atoms with E-state index in [1.807, 2.05) is 6.07 Å². The van der Waals surface area contributed by atoms with E-state index in [1.165, 1.54) is 11.3 Å². The molecule has 0 aromatic heterocycles. The highest BCUT2D eigenvalue weighted by molar-refractivity contribution is 5.96. The Morgan fingerprint density at radius 2 is 1.84 bits per heavy atom. The lowest BCUT2D eigenvalue weighted by Crippen LogP contribution is -2.49. The SMILES string of the molecule is O=C1OC(N2C(=O)CC[C@H]2C(=O)NC2CCCCC2)c2ccccc21. The number of fused-ring (bicyclic) bond motifs is 1. The number of ether oxygens (including phenoxy) is 1. The number of esters is 1. The van der Waals surface area contributed by atoms with Crippen LogP contribution in [-0.2, 0) is 14.3 Å². The van der Waals surface area contributed by atoms with Gasteiger partial charge in [0.05, 0.1) is 5.56 Å². The molecule has 2 atom stereocenters. The Kier molecular flexibility index (Phi) is 4.19. The van der Waals surface area contributed by atoms with Gasteiger partial charge in [-0.3, -0.25) is 14.5 Å². The number of nitrogens with zero attached hydrogens (tertiary/aromatic N) is 1. The maximum absolute atomic E-state index is 12.8. The molecule has 132 valence electrons. The minimum Gasteiger partial charge on any atom is -0.433 e. The number of benzene rings is 1. The fourth-order valence-electron chi connectivity index (χ4n) is 4.13. The molecule has 0 radical (unpaired) electrons. The zero-order chi connectivity index (χ0) is 17.4. The molecule has 1 saturated carbocycles. The average Bonchev–Trinajstić information content (AvgIpc) is 3.16. The van der Waals surface area contributed by atoms with Crippen LogP contribution >= 0.6 is 0 Å². The van der Waals surface area contributed by atoms with Gasteiger partial charge in [-0.2, -0.15) is 0 Å². The number of carbonyl (C=O) groups excluding carboxylic acids is 3. The van der Waals surface area contributed by atoms with Crippen molar-refractivity contribution in [2.24, 2.45) is 0 Å². The quantitative estimate of drug-likeness (QED) is 0.855. The van der Waals surface area contributed by atoms with Crippen LogP contribution in [0.3, 0.4) is 0 Å². The van der Waals surface area contributed by atoms with E-state index in [0.29, 0.717) is 24.0 Å². The van der Waals surface area contributed by atoms with Gasteiger partial charge in [0.2, 0.25) is 18.0 Å². The third-order valence-electron chi connectivity index (χ3n) is 5.43. The summed E-state index contributed by atoms with van der Waals surface area (Å²) in [5.74, 6) is -0.705. The van der Waals surface area contributed by atoms with Crippen LogP contribution in [0.5, 0.6) is 0 Å². The van der Waals surface area contributed by atoms with Crippen molar-refractivity contribution >= 4 is 17.8 Å². The number of amides is 2. The van der Waals surface area contributed by atoms with Crippen LogP contribution in [-0.4, -0.2) is 34.8 Å². The van der Waals surface area contributed by atoms with Crippen molar-refractivity contribution < 1.29 is 19.1 Å². The molecule has 4 rings (SSSR count). The molecule has 1 saturated heterocycles. The molecular weight excluding hydrogens is 320 g/mol. The highest BCUT2D eigenvalue weighted by Gasteiger charge is 2.46. The van der Waals surface area contributed by atoms with Crippen LogP contribution in [0, 0.1) is 0 Å². The molecule has 1 aromatic rings. The number of cyclic esters (lactones) is 1. The van der Waals surface area contributed by atoms with E-state index in [-0.39, 0.29) is 17.9 Å². The topological polar surface area (TPSA) is 75.7 Å². The number of carbonyl (C=O) groups is 3. The molecular formula is C19H22N2O4. The lowest BCUT2D eigenvalue weighted by atomic mass is 9.95. The van der Waals surface area contributed by atoms with Crippen LogP contribution in [0.15, 0.2) is 24.3 Å². The fourth-order valence-corrected chi connectivity index (χ4v) is 4.13. The zero-order valence-electron chi connectivity index (χ0n) is 14.1. The van der Waals surface area contributed by atoms with Crippen LogP contribution in [0.2, 0.25) is 0 Å². The van der Waals surface area contributed by atoms with Gasteiger partial charge in [0.15, 0.2) is 0 Å². The van der Waals surface area contributed by atoms with E-state index in [1.54, 1.807) is 18.2 Å². The van der Waals surface area contributed by atoms with Gasteiger partial charge in [-0.05, 0) is 25.3 Å². The molecule has 1 aromatic carbocycles. The normalized spacial score (nSPS) is 26.5. The molecule has 6 nitrogen and oxygen atoms in total. The second-order valence-corrected chi connectivity index (χ2v) is 7.04. The summed E-state index contributed by atoms with van der Waals surface area (Å²) in [6.07, 6.45) is 5.45. The first-order valence-electron chi connectivity index (χ1n) is 9.06. The number of hydrogen-bond acceptors (Lipinski definition) is 4. The average molecular weight is 342 g/mol. The number of likely N-dealkylation sites (tertiary alicyclic amines) is 1. The van der Waals surface area contributed by atoms with Gasteiger partial charge >= 0.3 is 5.97 Å². The molecule has 2 heterocycles. The van der Waals surface area contributed by atoms with Gasteiger partial charge in [0.25, 0.3) is 0 Å². The highest BCUT2D eigenvalue weighted by atomic mass is 16.6. The summed E-state index contributed by atoms with van der Waals surface area (Å²) >= 11 is 0. The summed E-state index contributed by atoms with van der Waals surface area (Å²) in [6, 6.07) is 6.67. The summed E-state index contributed by atoms with van der Waals surface area (Å²) in [4.78, 5) is 38.7. The van der Waals surface area contributed by atoms with E-state index in [0.717, 1.165) is 25.7 Å². The summed E-state index contributed by atoms with van der Waals surface area (Å²) in [5, 5.41) is 3.10. The Labute approximate surface area is 146 Å². The maximum Gasteiger partial charge on any atom is 0.340 e. The molecule has 2 aliphatic heterocycles. The first kappa shape index (κ1) is 16.1. The second kappa shape index (κ2) is 6.50. The van der Waals surface area contributed by atoms with Crippen molar-refractivity contribution in [2.45, 2.75) is 63.3 Å². The first-order chi connectivity index (χ1) is 12.1. The van der Waals surface area contributed by atoms with Crippen molar-refractivity contribution in [3.63, 3.8) is 0 Å². The highest BCUT2D eigenvalue weighted by Crippen LogP contribution is 2.38. The van der Waals surface area contributed by atoms with Gasteiger partial charge in [-0.15, -0.1) is 0 Å². The Balaban J connectivity index is 1.54. The third-order valence-corrected chi connectivity index (χ3v) is 5.43. The van der Waals surface area contributed by atoms with Crippen molar-refractivity contribution in [3.8, 4) is 0 Å². The maximum atomic E-state index is 12.8. The van der Waals surface area contributed by atoms with E-state index in [4.69, 9.17) is 4.74 Å². The van der Waals surface area contributed by atoms with Crippen LogP contribution < -0.4 is 5.32 Å². The monoisotopic (exact) mass is 342 g/mol. The standard InChI is InChI=1S/C19H22N2O4/c22-16-11-10-15(17(23)20-12-6-2-1-3-7-12)21(16)18-13-8-4-5-9-14(13)19(24)25-18/h4-5,8-9,12,15,18H,1-3,6-7,10-11H2,(H,20,23)/t15-,18?/m0/s1.